The van der Waals surface area contributed by atoms with E-state index in [4.69, 9.17) is 9.84 Å². The number of carbonyl (C=O) groups excluding carboxylic acids is 2. The minimum absolute atomic E-state index is 0.00784. The summed E-state index contributed by atoms with van der Waals surface area (Å²) in [6.45, 7) is 0.473. The van der Waals surface area contributed by atoms with Crippen LogP contribution in [0.2, 0.25) is 0 Å². The average Bonchev–Trinajstić information content (AvgIpc) is 3.09. The van der Waals surface area contributed by atoms with Gasteiger partial charge in [-0.05, 0) is 47.9 Å². The number of hydrogen-bond donors (Lipinski definition) is 2. The lowest BCUT2D eigenvalue weighted by Crippen LogP contribution is -2.57. The summed E-state index contributed by atoms with van der Waals surface area (Å²) in [5.41, 5.74) is 4.05. The van der Waals surface area contributed by atoms with E-state index in [1.165, 1.54) is 11.1 Å². The van der Waals surface area contributed by atoms with Crippen LogP contribution in [-0.4, -0.2) is 54.2 Å². The topological polar surface area (TPSA) is 95.9 Å². The molecule has 2 amide bonds. The fourth-order valence-corrected chi connectivity index (χ4v) is 5.61. The molecule has 0 radical (unpaired) electrons. The third-order valence-corrected chi connectivity index (χ3v) is 8.01. The van der Waals surface area contributed by atoms with Gasteiger partial charge in [-0.1, -0.05) is 55.0 Å². The number of ether oxygens (including phenoxy) is 1. The number of hydrogen-bond acceptors (Lipinski definition) is 4. The Bertz CT molecular complexity index is 1070. The zero-order chi connectivity index (χ0) is 23.9. The Labute approximate surface area is 199 Å². The Morgan fingerprint density at radius 3 is 2.15 bits per heavy atom. The molecule has 0 unspecified atom stereocenters. The van der Waals surface area contributed by atoms with Crippen molar-refractivity contribution in [3.8, 4) is 11.1 Å². The van der Waals surface area contributed by atoms with E-state index < -0.39 is 17.5 Å². The van der Waals surface area contributed by atoms with E-state index in [0.717, 1.165) is 30.4 Å². The molecule has 34 heavy (non-hydrogen) atoms. The average molecular weight is 463 g/mol. The van der Waals surface area contributed by atoms with E-state index in [9.17, 15) is 14.4 Å². The first-order valence-corrected chi connectivity index (χ1v) is 12.0. The van der Waals surface area contributed by atoms with Crippen LogP contribution in [-0.2, 0) is 14.3 Å². The van der Waals surface area contributed by atoms with Crippen molar-refractivity contribution in [2.75, 3.05) is 20.2 Å². The van der Waals surface area contributed by atoms with Gasteiger partial charge in [-0.25, -0.2) is 4.79 Å². The molecule has 7 heteroatoms. The van der Waals surface area contributed by atoms with Crippen molar-refractivity contribution in [1.82, 2.24) is 10.2 Å². The lowest BCUT2D eigenvalue weighted by Gasteiger charge is -2.47. The van der Waals surface area contributed by atoms with Gasteiger partial charge in [0.25, 0.3) is 0 Å². The third kappa shape index (κ3) is 3.83. The molecule has 0 bridgehead atoms. The van der Waals surface area contributed by atoms with Gasteiger partial charge in [-0.2, -0.15) is 0 Å². The second kappa shape index (κ2) is 8.78. The molecule has 5 rings (SSSR count). The Kier molecular flexibility index (Phi) is 5.80. The van der Waals surface area contributed by atoms with E-state index in [-0.39, 0.29) is 36.9 Å². The maximum absolute atomic E-state index is 13.2. The van der Waals surface area contributed by atoms with Crippen molar-refractivity contribution in [2.24, 2.45) is 11.3 Å². The number of carbonyl (C=O) groups is 3. The fraction of sp³-hybridized carbons (Fsp3) is 0.444. The maximum atomic E-state index is 13.2. The van der Waals surface area contributed by atoms with Gasteiger partial charge in [-0.3, -0.25) is 9.59 Å². The molecule has 2 N–H and O–H groups in total. The first kappa shape index (κ1) is 22.4. The van der Waals surface area contributed by atoms with Crippen LogP contribution in [0.15, 0.2) is 48.5 Å². The highest BCUT2D eigenvalue weighted by Crippen LogP contribution is 2.45. The summed E-state index contributed by atoms with van der Waals surface area (Å²) in [5, 5.41) is 11.9. The molecule has 0 spiro atoms. The Morgan fingerprint density at radius 1 is 1.03 bits per heavy atom. The largest absolute Gasteiger partial charge is 0.481 e. The first-order chi connectivity index (χ1) is 16.4. The first-order valence-electron chi connectivity index (χ1n) is 12.0. The quantitative estimate of drug-likeness (QED) is 0.648. The second-order valence-corrected chi connectivity index (χ2v) is 9.89. The summed E-state index contributed by atoms with van der Waals surface area (Å²) in [6, 6.07) is 16.3. The Balaban J connectivity index is 1.17. The van der Waals surface area contributed by atoms with Crippen LogP contribution in [0.1, 0.15) is 49.1 Å². The van der Waals surface area contributed by atoms with E-state index in [1.807, 2.05) is 24.3 Å². The standard InChI is InChI=1S/C27H30N2O5/c1-29(18-13-17(14-18)24(30)31)25(32)27(11-6-12-27)16-28-26(33)34-15-23-21-9-4-2-7-19(21)20-8-3-5-10-22(20)23/h2-5,7-10,17-18,23H,6,11-16H2,1H3,(H,28,33)(H,30,31). The molecular formula is C27H30N2O5. The highest BCUT2D eigenvalue weighted by molar-refractivity contribution is 5.85. The summed E-state index contributed by atoms with van der Waals surface area (Å²) in [7, 11) is 1.75. The number of nitrogens with zero attached hydrogens (tertiary/aromatic N) is 1. The number of aliphatic carboxylic acids is 1. The van der Waals surface area contributed by atoms with Crippen LogP contribution in [0.25, 0.3) is 11.1 Å². The van der Waals surface area contributed by atoms with Crippen molar-refractivity contribution in [3.63, 3.8) is 0 Å². The minimum Gasteiger partial charge on any atom is -0.481 e. The van der Waals surface area contributed by atoms with Crippen molar-refractivity contribution in [1.29, 1.82) is 0 Å². The minimum atomic E-state index is -0.799. The van der Waals surface area contributed by atoms with Gasteiger partial charge < -0.3 is 20.1 Å². The van der Waals surface area contributed by atoms with E-state index in [2.05, 4.69) is 29.6 Å². The molecule has 2 aromatic rings. The molecule has 178 valence electrons. The number of carboxylic acids is 1. The molecule has 0 aromatic heterocycles. The van der Waals surface area contributed by atoms with Crippen LogP contribution < -0.4 is 5.32 Å². The van der Waals surface area contributed by atoms with Crippen molar-refractivity contribution >= 4 is 18.0 Å². The zero-order valence-electron chi connectivity index (χ0n) is 19.3. The monoisotopic (exact) mass is 462 g/mol. The van der Waals surface area contributed by atoms with Gasteiger partial charge in [0.1, 0.15) is 6.61 Å². The van der Waals surface area contributed by atoms with Crippen LogP contribution in [0.4, 0.5) is 4.79 Å². The van der Waals surface area contributed by atoms with E-state index in [1.54, 1.807) is 11.9 Å². The predicted molar refractivity (Wildman–Crippen MR) is 126 cm³/mol. The van der Waals surface area contributed by atoms with Crippen LogP contribution in [0.5, 0.6) is 0 Å². The van der Waals surface area contributed by atoms with Gasteiger partial charge in [-0.15, -0.1) is 0 Å². The smallest absolute Gasteiger partial charge is 0.407 e. The van der Waals surface area contributed by atoms with Crippen molar-refractivity contribution in [3.05, 3.63) is 59.7 Å². The highest BCUT2D eigenvalue weighted by Gasteiger charge is 2.49. The molecule has 0 heterocycles. The predicted octanol–water partition coefficient (Wildman–Crippen LogP) is 4.02. The van der Waals surface area contributed by atoms with Gasteiger partial charge in [0.2, 0.25) is 5.91 Å². The van der Waals surface area contributed by atoms with Crippen LogP contribution in [0.3, 0.4) is 0 Å². The molecule has 2 fully saturated rings. The van der Waals surface area contributed by atoms with E-state index >= 15 is 0 Å². The van der Waals surface area contributed by atoms with Crippen LogP contribution in [0, 0.1) is 11.3 Å². The van der Waals surface area contributed by atoms with Gasteiger partial charge in [0.15, 0.2) is 0 Å². The normalized spacial score (nSPS) is 21.9. The summed E-state index contributed by atoms with van der Waals surface area (Å²) >= 11 is 0. The molecule has 3 aliphatic rings. The number of fused-ring (bicyclic) bond motifs is 3. The number of carboxylic acid groups (broad SMARTS) is 1. The second-order valence-electron chi connectivity index (χ2n) is 9.89. The van der Waals surface area contributed by atoms with Crippen LogP contribution >= 0.6 is 0 Å². The van der Waals surface area contributed by atoms with Crippen molar-refractivity contribution in [2.45, 2.75) is 44.1 Å². The molecule has 0 atom stereocenters. The number of benzene rings is 2. The molecule has 2 aromatic carbocycles. The lowest BCUT2D eigenvalue weighted by molar-refractivity contribution is -0.156. The molecule has 7 nitrogen and oxygen atoms in total. The van der Waals surface area contributed by atoms with Gasteiger partial charge >= 0.3 is 12.1 Å². The van der Waals surface area contributed by atoms with E-state index in [0.29, 0.717) is 12.8 Å². The zero-order valence-corrected chi connectivity index (χ0v) is 19.3. The molecule has 3 aliphatic carbocycles. The Morgan fingerprint density at radius 2 is 1.62 bits per heavy atom. The summed E-state index contributed by atoms with van der Waals surface area (Å²) < 4.78 is 5.62. The summed E-state index contributed by atoms with van der Waals surface area (Å²) in [6.07, 6.45) is 2.84. The van der Waals surface area contributed by atoms with Gasteiger partial charge in [0.05, 0.1) is 11.3 Å². The third-order valence-electron chi connectivity index (χ3n) is 8.01. The molecule has 0 saturated heterocycles. The summed E-state index contributed by atoms with van der Waals surface area (Å²) in [4.78, 5) is 38.6. The van der Waals surface area contributed by atoms with Gasteiger partial charge in [0, 0.05) is 25.6 Å². The number of nitrogens with one attached hydrogen (secondary N) is 1. The highest BCUT2D eigenvalue weighted by atomic mass is 16.5. The molecule has 0 aliphatic heterocycles. The number of alkyl carbamates (subject to hydrolysis) is 1. The SMILES string of the molecule is CN(C(=O)C1(CNC(=O)OCC2c3ccccc3-c3ccccc32)CCC1)C1CC(C(=O)O)C1. The number of rotatable bonds is 7. The summed E-state index contributed by atoms with van der Waals surface area (Å²) in [5.74, 6) is -1.18. The molecular weight excluding hydrogens is 432 g/mol. The maximum Gasteiger partial charge on any atom is 0.407 e. The fourth-order valence-electron chi connectivity index (χ4n) is 5.61. The Hall–Kier alpha value is -3.35. The lowest BCUT2D eigenvalue weighted by atomic mass is 9.67. The van der Waals surface area contributed by atoms with Crippen molar-refractivity contribution < 1.29 is 24.2 Å². The molecule has 2 saturated carbocycles. The number of amides is 2.